The number of carbonyl (C=O) groups is 1. The average molecular weight is 996 g/mol. The molecular weight excluding hydrogens is 892 g/mol. The molecule has 20 atom stereocenters. The van der Waals surface area contributed by atoms with Crippen LogP contribution in [0, 0.1) is 113 Å². The maximum Gasteiger partial charge on any atom is 0.141 e. The van der Waals surface area contributed by atoms with Crippen LogP contribution in [0.25, 0.3) is 0 Å². The number of halogens is 1. The average Bonchev–Trinajstić information content (AvgIpc) is 3.86. The molecule has 9 nitrogen and oxygen atoms in total. The lowest BCUT2D eigenvalue weighted by Gasteiger charge is -2.72. The Hall–Kier alpha value is -1.33. The third-order valence-electron chi connectivity index (χ3n) is 27.0. The van der Waals surface area contributed by atoms with Crippen molar-refractivity contribution in [3.05, 3.63) is 24.3 Å². The van der Waals surface area contributed by atoms with E-state index in [-0.39, 0.29) is 41.9 Å². The van der Waals surface area contributed by atoms with Crippen LogP contribution in [0.2, 0.25) is 0 Å². The molecule has 400 valence electrons. The molecule has 10 aliphatic rings. The Morgan fingerprint density at radius 3 is 1.34 bits per heavy atom. The fraction of sp³-hybridized carbons (Fsp3) is 0.900. The highest BCUT2D eigenvalue weighted by atomic mass is 35.5. The highest BCUT2D eigenvalue weighted by Gasteiger charge is 2.73. The summed E-state index contributed by atoms with van der Waals surface area (Å²) in [4.78, 5) is 13.0. The minimum Gasteiger partial charge on any atom is -1.00 e. The molecular formula is C60H103ClN4O5. The van der Waals surface area contributed by atoms with Crippen molar-refractivity contribution in [3.8, 4) is 0 Å². The minimum absolute atomic E-state index is 0. The second-order valence-electron chi connectivity index (χ2n) is 29.1. The van der Waals surface area contributed by atoms with Crippen LogP contribution in [0.5, 0.6) is 0 Å². The third-order valence-corrected chi connectivity index (χ3v) is 27.0. The smallest absolute Gasteiger partial charge is 0.141 e. The lowest BCUT2D eigenvalue weighted by atomic mass is 9.32. The quantitative estimate of drug-likeness (QED) is 0.0821. The highest BCUT2D eigenvalue weighted by molar-refractivity contribution is 5.91. The Morgan fingerprint density at radius 1 is 0.571 bits per heavy atom. The molecule has 10 fully saturated rings. The van der Waals surface area contributed by atoms with Crippen molar-refractivity contribution in [1.82, 2.24) is 11.1 Å². The predicted molar refractivity (Wildman–Crippen MR) is 277 cm³/mol. The van der Waals surface area contributed by atoms with E-state index in [4.69, 9.17) is 5.21 Å². The molecule has 0 bridgehead atoms. The maximum atomic E-state index is 13.0. The minimum atomic E-state index is -0.534. The number of aliphatic hydroxyl groups excluding tert-OH is 2. The predicted octanol–water partition coefficient (Wildman–Crippen LogP) is 9.30. The lowest BCUT2D eigenvalue weighted by molar-refractivity contribution is -0.473. The van der Waals surface area contributed by atoms with Gasteiger partial charge in [0.25, 0.3) is 0 Å². The molecule has 10 saturated carbocycles. The molecule has 0 amide bonds. The standard InChI is InChI=1S/C30H49NO2.C30H48O2.ClH.H5N3O/c1-19(2)20-10-13-26(3)16-17-29(6)21(25(20)26)8-9-23-27(4)14-12-24(31-33)28(5,18-32)22(27)11-15-30(23,29)7;1-19(2)20-10-13-26(3)16-17-29(6)21(25(20)26)8-9-23-27(4)14-12-24(32)28(5,18-31)22(27)11-15-30(23,29)7;;1-2-3-4/h20-23,25,32-33H,1,8-18H2,2-7H3;20-23,25,31H,1,8-18H2,2-7H3;1H;2-4H,1H2/b31-24+;;;/t2*20-,21?,22?,23?,25?,26+,27-,28-,29+,30+;;/m00../s1. The Balaban J connectivity index is 0.000000189. The van der Waals surface area contributed by atoms with Crippen molar-refractivity contribution in [2.75, 3.05) is 13.2 Å². The van der Waals surface area contributed by atoms with E-state index in [1.807, 2.05) is 5.53 Å². The molecule has 10 rings (SSSR count). The van der Waals surface area contributed by atoms with Crippen LogP contribution < -0.4 is 29.4 Å². The number of nitrogens with zero attached hydrogens (tertiary/aromatic N) is 1. The second kappa shape index (κ2) is 19.0. The van der Waals surface area contributed by atoms with Crippen LogP contribution in [-0.4, -0.2) is 45.3 Å². The zero-order chi connectivity index (χ0) is 50.8. The third kappa shape index (κ3) is 7.67. The number of ketones is 1. The lowest BCUT2D eigenvalue weighted by Crippen LogP contribution is -3.00. The zero-order valence-corrected chi connectivity index (χ0v) is 47.2. The summed E-state index contributed by atoms with van der Waals surface area (Å²) in [6.45, 7) is 38.8. The van der Waals surface area contributed by atoms with Gasteiger partial charge in [-0.1, -0.05) is 110 Å². The summed E-state index contributed by atoms with van der Waals surface area (Å²) in [7, 11) is 0. The Morgan fingerprint density at radius 2 is 0.971 bits per heavy atom. The van der Waals surface area contributed by atoms with Crippen LogP contribution in [0.3, 0.4) is 0 Å². The van der Waals surface area contributed by atoms with Crippen molar-refractivity contribution in [1.29, 1.82) is 0 Å². The number of rotatable bonds is 5. The number of hydrazine groups is 1. The van der Waals surface area contributed by atoms with E-state index >= 15 is 0 Å². The van der Waals surface area contributed by atoms with E-state index in [9.17, 15) is 20.2 Å². The van der Waals surface area contributed by atoms with Crippen molar-refractivity contribution >= 4 is 11.5 Å². The van der Waals surface area contributed by atoms with Crippen LogP contribution in [0.1, 0.15) is 212 Å². The number of aliphatic hydroxyl groups is 2. The van der Waals surface area contributed by atoms with Gasteiger partial charge in [-0.25, -0.2) is 0 Å². The number of hydrogen-bond donors (Lipinski definition) is 7. The van der Waals surface area contributed by atoms with Crippen LogP contribution in [-0.2, 0) is 4.79 Å². The normalized spacial score (nSPS) is 53.5. The van der Waals surface area contributed by atoms with Crippen LogP contribution in [0.4, 0.5) is 0 Å². The second-order valence-corrected chi connectivity index (χ2v) is 29.1. The van der Waals surface area contributed by atoms with Gasteiger partial charge >= 0.3 is 0 Å². The number of fused-ring (bicyclic) bond motifs is 14. The first-order chi connectivity index (χ1) is 32.2. The van der Waals surface area contributed by atoms with Gasteiger partial charge in [-0.3, -0.25) is 15.8 Å². The molecule has 0 aromatic carbocycles. The number of allylic oxidation sites excluding steroid dienone is 2. The van der Waals surface area contributed by atoms with Crippen molar-refractivity contribution < 1.29 is 43.7 Å². The summed E-state index contributed by atoms with van der Waals surface area (Å²) in [6, 6.07) is 0. The summed E-state index contributed by atoms with van der Waals surface area (Å²) >= 11 is 0. The van der Waals surface area contributed by atoms with E-state index in [1.54, 1.807) is 5.59 Å². The Kier molecular flexibility index (Phi) is 15.3. The summed E-state index contributed by atoms with van der Waals surface area (Å²) < 4.78 is 0. The van der Waals surface area contributed by atoms with E-state index in [0.717, 1.165) is 61.5 Å². The summed E-state index contributed by atoms with van der Waals surface area (Å²) in [5, 5.41) is 41.8. The number of hydrogen-bond acceptors (Lipinski definition) is 8. The van der Waals surface area contributed by atoms with Gasteiger partial charge in [-0.2, -0.15) is 0 Å². The Bertz CT molecular complexity index is 2030. The van der Waals surface area contributed by atoms with E-state index in [2.05, 4.69) is 107 Å². The SMILES string of the molecule is C=C(C)[C@@H]1CC[C@]2(C)CC[C@]3(C)C(CCC4[C@@]5(C)CC/C(=N\O)[C@@](C)(CO)C5CC[C@]43C)C12.C=C(C)[C@@H]1CC[C@]2(C)CC[C@]3(C)C(CCC4[C@@]5(C)CCC(=O)[C@@](C)(CO)C5CC[C@]43C)C12.[Cl-].[NH3+]NNO. The van der Waals surface area contributed by atoms with Crippen molar-refractivity contribution in [3.63, 3.8) is 0 Å². The summed E-state index contributed by atoms with van der Waals surface area (Å²) in [6.07, 6.45) is 24.7. The summed E-state index contributed by atoms with van der Waals surface area (Å²) in [5.74, 6) is 10.0. The number of carbonyl (C=O) groups excluding carboxylic acids is 1. The largest absolute Gasteiger partial charge is 1.00 e. The van der Waals surface area contributed by atoms with Gasteiger partial charge in [-0.15, -0.1) is 0 Å². The first-order valence-corrected chi connectivity index (χ1v) is 28.4. The van der Waals surface area contributed by atoms with Gasteiger partial charge < -0.3 is 27.8 Å². The molecule has 9 N–H and O–H groups in total. The van der Waals surface area contributed by atoms with E-state index in [0.29, 0.717) is 80.2 Å². The molecule has 0 aromatic heterocycles. The molecule has 0 heterocycles. The van der Waals surface area contributed by atoms with Gasteiger partial charge in [0.1, 0.15) is 5.78 Å². The molecule has 10 heteroatoms. The molecule has 0 aliphatic heterocycles. The number of Topliss-reactive ketones (excluding diaryl/α,β-unsaturated/α-hetero) is 1. The number of oxime groups is 1. The highest BCUT2D eigenvalue weighted by Crippen LogP contribution is 2.79. The van der Waals surface area contributed by atoms with E-state index in [1.165, 1.54) is 101 Å². The number of nitrogens with one attached hydrogen (secondary N) is 2. The van der Waals surface area contributed by atoms with Crippen LogP contribution in [0.15, 0.2) is 29.5 Å². The molecule has 10 aliphatic carbocycles. The van der Waals surface area contributed by atoms with Crippen LogP contribution >= 0.6 is 0 Å². The van der Waals surface area contributed by atoms with Gasteiger partial charge in [-0.05, 0) is 238 Å². The Labute approximate surface area is 432 Å². The molecule has 8 unspecified atom stereocenters. The maximum absolute atomic E-state index is 13.0. The fourth-order valence-electron chi connectivity index (χ4n) is 22.8. The molecule has 0 spiro atoms. The molecule has 70 heavy (non-hydrogen) atoms. The van der Waals surface area contributed by atoms with Gasteiger partial charge in [0, 0.05) is 11.8 Å². The monoisotopic (exact) mass is 995 g/mol. The zero-order valence-electron chi connectivity index (χ0n) is 46.5. The molecule has 0 aromatic rings. The van der Waals surface area contributed by atoms with Gasteiger partial charge in [0.15, 0.2) is 0 Å². The van der Waals surface area contributed by atoms with Crippen molar-refractivity contribution in [2.24, 2.45) is 118 Å². The molecule has 0 radical (unpaired) electrons. The first kappa shape index (κ1) is 56.4. The van der Waals surface area contributed by atoms with E-state index < -0.39 is 5.41 Å². The topological polar surface area (TPSA) is 162 Å². The van der Waals surface area contributed by atoms with Crippen molar-refractivity contribution in [2.45, 2.75) is 212 Å². The fourth-order valence-corrected chi connectivity index (χ4v) is 22.8. The van der Waals surface area contributed by atoms with Gasteiger partial charge in [0.05, 0.1) is 24.3 Å². The number of quaternary nitrogens is 1. The summed E-state index contributed by atoms with van der Waals surface area (Å²) in [5.41, 5.74) is 9.15. The van der Waals surface area contributed by atoms with Gasteiger partial charge in [0.2, 0.25) is 0 Å². The first-order valence-electron chi connectivity index (χ1n) is 28.4. The molecule has 0 saturated heterocycles.